The molecule has 4 aliphatic carbocycles. The molecule has 24 heavy (non-hydrogen) atoms. The summed E-state index contributed by atoms with van der Waals surface area (Å²) >= 11 is 0. The molecule has 134 valence electrons. The molecular formula is C23H36O. The van der Waals surface area contributed by atoms with E-state index in [1.54, 1.807) is 0 Å². The summed E-state index contributed by atoms with van der Waals surface area (Å²) in [4.78, 5) is 11.5. The highest BCUT2D eigenvalue weighted by Gasteiger charge is 2.58. The van der Waals surface area contributed by atoms with Crippen LogP contribution in [0.3, 0.4) is 0 Å². The van der Waals surface area contributed by atoms with Crippen molar-refractivity contribution in [1.82, 2.24) is 0 Å². The Labute approximate surface area is 148 Å². The third-order valence-corrected chi connectivity index (χ3v) is 9.27. The summed E-state index contributed by atoms with van der Waals surface area (Å²) in [7, 11) is 0. The predicted octanol–water partition coefficient (Wildman–Crippen LogP) is 6.04. The number of aldehydes is 1. The van der Waals surface area contributed by atoms with Gasteiger partial charge in [-0.2, -0.15) is 0 Å². The topological polar surface area (TPSA) is 17.1 Å². The lowest BCUT2D eigenvalue weighted by atomic mass is 9.46. The normalized spacial score (nSPS) is 51.8. The van der Waals surface area contributed by atoms with Crippen molar-refractivity contribution in [3.05, 3.63) is 11.6 Å². The minimum Gasteiger partial charge on any atom is -0.303 e. The van der Waals surface area contributed by atoms with Crippen LogP contribution in [-0.2, 0) is 4.79 Å². The van der Waals surface area contributed by atoms with Crippen molar-refractivity contribution >= 4 is 6.29 Å². The first-order valence-electron chi connectivity index (χ1n) is 10.5. The highest BCUT2D eigenvalue weighted by atomic mass is 16.1. The van der Waals surface area contributed by atoms with Gasteiger partial charge in [-0.3, -0.25) is 0 Å². The Balaban J connectivity index is 1.64. The van der Waals surface area contributed by atoms with E-state index >= 15 is 0 Å². The molecule has 3 fully saturated rings. The molecule has 8 atom stereocenters. The van der Waals surface area contributed by atoms with E-state index in [0.717, 1.165) is 23.7 Å². The van der Waals surface area contributed by atoms with E-state index in [1.807, 2.05) is 5.57 Å². The molecule has 4 rings (SSSR count). The number of hydrogen-bond donors (Lipinski definition) is 0. The Morgan fingerprint density at radius 2 is 1.92 bits per heavy atom. The van der Waals surface area contributed by atoms with E-state index in [9.17, 15) is 4.79 Å². The summed E-state index contributed by atoms with van der Waals surface area (Å²) in [6.07, 6.45) is 14.8. The van der Waals surface area contributed by atoms with E-state index < -0.39 is 0 Å². The van der Waals surface area contributed by atoms with Gasteiger partial charge in [0.2, 0.25) is 0 Å². The lowest BCUT2D eigenvalue weighted by Crippen LogP contribution is -2.50. The first-order valence-corrected chi connectivity index (χ1v) is 10.5. The van der Waals surface area contributed by atoms with Crippen molar-refractivity contribution in [2.45, 2.75) is 79.1 Å². The predicted molar refractivity (Wildman–Crippen MR) is 99.6 cm³/mol. The van der Waals surface area contributed by atoms with Gasteiger partial charge in [0, 0.05) is 5.92 Å². The maximum absolute atomic E-state index is 11.5. The number of allylic oxidation sites excluding steroid dienone is 2. The molecule has 0 spiro atoms. The largest absolute Gasteiger partial charge is 0.303 e. The molecule has 0 aromatic carbocycles. The van der Waals surface area contributed by atoms with E-state index in [0.29, 0.717) is 16.7 Å². The standard InChI is InChI=1S/C23H36O/c1-15-9-11-22(3)17(13-15)5-6-18-20-8-7-19(16(2)14-24)23(20,4)12-10-21(18)22/h5,14-16,18-21H,6-13H2,1-4H3/t15?,16-,18-,19+,20-,21-,22-,23+/m0/s1. The van der Waals surface area contributed by atoms with Gasteiger partial charge in [0.05, 0.1) is 0 Å². The van der Waals surface area contributed by atoms with Gasteiger partial charge in [0.1, 0.15) is 6.29 Å². The lowest BCUT2D eigenvalue weighted by molar-refractivity contribution is -0.115. The smallest absolute Gasteiger partial charge is 0.123 e. The van der Waals surface area contributed by atoms with E-state index in [2.05, 4.69) is 33.8 Å². The molecule has 0 saturated heterocycles. The van der Waals surface area contributed by atoms with Gasteiger partial charge in [-0.05, 0) is 91.8 Å². The first kappa shape index (κ1) is 16.9. The molecule has 0 radical (unpaired) electrons. The molecule has 0 amide bonds. The quantitative estimate of drug-likeness (QED) is 0.446. The molecule has 3 saturated carbocycles. The van der Waals surface area contributed by atoms with Crippen LogP contribution in [0.15, 0.2) is 11.6 Å². The van der Waals surface area contributed by atoms with Crippen LogP contribution in [0.5, 0.6) is 0 Å². The average molecular weight is 329 g/mol. The van der Waals surface area contributed by atoms with Crippen LogP contribution in [0.4, 0.5) is 0 Å². The van der Waals surface area contributed by atoms with Crippen molar-refractivity contribution in [2.24, 2.45) is 46.3 Å². The number of hydrogen-bond acceptors (Lipinski definition) is 1. The number of fused-ring (bicyclic) bond motifs is 5. The Morgan fingerprint density at radius 3 is 2.67 bits per heavy atom. The van der Waals surface area contributed by atoms with Gasteiger partial charge < -0.3 is 4.79 Å². The van der Waals surface area contributed by atoms with Crippen molar-refractivity contribution in [2.75, 3.05) is 0 Å². The van der Waals surface area contributed by atoms with Crippen molar-refractivity contribution in [3.63, 3.8) is 0 Å². The molecule has 0 N–H and O–H groups in total. The van der Waals surface area contributed by atoms with Crippen LogP contribution in [0, 0.1) is 46.3 Å². The molecule has 0 bridgehead atoms. The van der Waals surface area contributed by atoms with Crippen LogP contribution < -0.4 is 0 Å². The summed E-state index contributed by atoms with van der Waals surface area (Å²) in [6, 6.07) is 0. The number of rotatable bonds is 2. The third-order valence-electron chi connectivity index (χ3n) is 9.27. The minimum atomic E-state index is 0.248. The van der Waals surface area contributed by atoms with Gasteiger partial charge in [0.15, 0.2) is 0 Å². The summed E-state index contributed by atoms with van der Waals surface area (Å²) in [6.45, 7) is 9.74. The fourth-order valence-electron chi connectivity index (χ4n) is 7.84. The van der Waals surface area contributed by atoms with Crippen LogP contribution >= 0.6 is 0 Å². The Bertz CT molecular complexity index is 548. The molecule has 0 heterocycles. The third kappa shape index (κ3) is 2.22. The fourth-order valence-corrected chi connectivity index (χ4v) is 7.84. The van der Waals surface area contributed by atoms with Crippen molar-refractivity contribution in [1.29, 1.82) is 0 Å². The zero-order valence-corrected chi connectivity index (χ0v) is 16.2. The number of carbonyl (C=O) groups is 1. The van der Waals surface area contributed by atoms with E-state index in [1.165, 1.54) is 57.7 Å². The zero-order valence-electron chi connectivity index (χ0n) is 16.2. The fraction of sp³-hybridized carbons (Fsp3) is 0.870. The Hall–Kier alpha value is -0.590. The van der Waals surface area contributed by atoms with E-state index in [-0.39, 0.29) is 5.92 Å². The number of carbonyl (C=O) groups excluding carboxylic acids is 1. The van der Waals surface area contributed by atoms with Gasteiger partial charge in [0.25, 0.3) is 0 Å². The van der Waals surface area contributed by atoms with Crippen molar-refractivity contribution < 1.29 is 4.79 Å². The maximum Gasteiger partial charge on any atom is 0.123 e. The summed E-state index contributed by atoms with van der Waals surface area (Å²) in [5, 5.41) is 0. The molecule has 1 heteroatoms. The van der Waals surface area contributed by atoms with Crippen LogP contribution in [0.2, 0.25) is 0 Å². The molecular weight excluding hydrogens is 292 g/mol. The monoisotopic (exact) mass is 328 g/mol. The second-order valence-electron chi connectivity index (χ2n) is 10.3. The van der Waals surface area contributed by atoms with Crippen LogP contribution in [-0.4, -0.2) is 6.29 Å². The molecule has 4 aliphatic rings. The maximum atomic E-state index is 11.5. The molecule has 0 aliphatic heterocycles. The molecule has 0 aromatic rings. The highest BCUT2D eigenvalue weighted by Crippen LogP contribution is 2.67. The first-order chi connectivity index (χ1) is 11.4. The van der Waals surface area contributed by atoms with Crippen LogP contribution in [0.25, 0.3) is 0 Å². The summed E-state index contributed by atoms with van der Waals surface area (Å²) in [5.74, 6) is 4.42. The summed E-state index contributed by atoms with van der Waals surface area (Å²) < 4.78 is 0. The zero-order chi connectivity index (χ0) is 17.1. The van der Waals surface area contributed by atoms with Gasteiger partial charge in [-0.15, -0.1) is 0 Å². The molecule has 0 aromatic heterocycles. The summed E-state index contributed by atoms with van der Waals surface area (Å²) in [5.41, 5.74) is 2.72. The van der Waals surface area contributed by atoms with Crippen molar-refractivity contribution in [3.8, 4) is 0 Å². The average Bonchev–Trinajstić information content (AvgIpc) is 2.92. The second kappa shape index (κ2) is 5.71. The second-order valence-corrected chi connectivity index (χ2v) is 10.3. The SMILES string of the molecule is CC1CC[C@@]2(C)C(=CC[C@H]3[C@@H]4CC[C@H]([C@@H](C)C=O)[C@@]4(C)CC[C@@H]32)C1. The van der Waals surface area contributed by atoms with Gasteiger partial charge >= 0.3 is 0 Å². The molecule has 1 unspecified atom stereocenters. The Kier molecular flexibility index (Phi) is 4.01. The lowest BCUT2D eigenvalue weighted by Gasteiger charge is -2.58. The molecule has 1 nitrogen and oxygen atoms in total. The van der Waals surface area contributed by atoms with Gasteiger partial charge in [-0.1, -0.05) is 39.3 Å². The van der Waals surface area contributed by atoms with Gasteiger partial charge in [-0.25, -0.2) is 0 Å². The Morgan fingerprint density at radius 1 is 1.12 bits per heavy atom. The van der Waals surface area contributed by atoms with E-state index in [4.69, 9.17) is 0 Å². The minimum absolute atomic E-state index is 0.248. The highest BCUT2D eigenvalue weighted by molar-refractivity contribution is 5.53. The van der Waals surface area contributed by atoms with Crippen LogP contribution in [0.1, 0.15) is 79.1 Å².